The first kappa shape index (κ1) is 11.4. The minimum atomic E-state index is -0.152. The molecule has 1 heterocycles. The molecule has 1 aromatic rings. The van der Waals surface area contributed by atoms with Gasteiger partial charge < -0.3 is 5.32 Å². The molecule has 3 nitrogen and oxygen atoms in total. The van der Waals surface area contributed by atoms with E-state index < -0.39 is 0 Å². The highest BCUT2D eigenvalue weighted by Crippen LogP contribution is 1.90. The van der Waals surface area contributed by atoms with Crippen LogP contribution in [-0.4, -0.2) is 17.9 Å². The Morgan fingerprint density at radius 2 is 2.23 bits per heavy atom. The summed E-state index contributed by atoms with van der Waals surface area (Å²) in [5, 5.41) is 2.48. The molecule has 0 aromatic carbocycles. The van der Waals surface area contributed by atoms with Crippen molar-refractivity contribution >= 4 is 5.91 Å². The molecular weight excluding hydrogens is 164 g/mol. The lowest BCUT2D eigenvalue weighted by Crippen LogP contribution is -2.18. The monoisotopic (exact) mass is 178 g/mol. The highest BCUT2D eigenvalue weighted by molar-refractivity contribution is 5.91. The summed E-state index contributed by atoms with van der Waals surface area (Å²) in [7, 11) is 1.58. The third kappa shape index (κ3) is 4.74. The van der Waals surface area contributed by atoms with Crippen molar-refractivity contribution in [2.45, 2.75) is 6.92 Å². The van der Waals surface area contributed by atoms with E-state index in [-0.39, 0.29) is 5.91 Å². The summed E-state index contributed by atoms with van der Waals surface area (Å²) in [6.45, 7) is 5.25. The van der Waals surface area contributed by atoms with E-state index in [4.69, 9.17) is 0 Å². The zero-order chi connectivity index (χ0) is 10.1. The van der Waals surface area contributed by atoms with Crippen molar-refractivity contribution in [1.82, 2.24) is 10.3 Å². The summed E-state index contributed by atoms with van der Waals surface area (Å²) < 4.78 is 0. The van der Waals surface area contributed by atoms with Crippen molar-refractivity contribution in [1.29, 1.82) is 0 Å². The predicted molar refractivity (Wildman–Crippen MR) is 53.5 cm³/mol. The summed E-state index contributed by atoms with van der Waals surface area (Å²) in [4.78, 5) is 14.7. The lowest BCUT2D eigenvalue weighted by atomic mass is 10.3. The van der Waals surface area contributed by atoms with Crippen LogP contribution in [0.25, 0.3) is 0 Å². The van der Waals surface area contributed by atoms with Gasteiger partial charge in [0, 0.05) is 13.2 Å². The molecule has 1 rings (SSSR count). The van der Waals surface area contributed by atoms with Crippen molar-refractivity contribution in [2.75, 3.05) is 7.05 Å². The molecule has 1 amide bonds. The molecule has 0 bridgehead atoms. The van der Waals surface area contributed by atoms with Crippen LogP contribution in [0.4, 0.5) is 0 Å². The van der Waals surface area contributed by atoms with Gasteiger partial charge in [-0.2, -0.15) is 0 Å². The Balaban J connectivity index is 0.000000424. The van der Waals surface area contributed by atoms with E-state index in [0.29, 0.717) is 5.69 Å². The van der Waals surface area contributed by atoms with Gasteiger partial charge in [0.1, 0.15) is 5.69 Å². The fraction of sp³-hybridized carbons (Fsp3) is 0.200. The number of rotatable bonds is 1. The van der Waals surface area contributed by atoms with E-state index in [0.717, 1.165) is 0 Å². The van der Waals surface area contributed by atoms with E-state index in [1.165, 1.54) is 0 Å². The summed E-state index contributed by atoms with van der Waals surface area (Å²) >= 11 is 0. The maximum atomic E-state index is 10.8. The van der Waals surface area contributed by atoms with Gasteiger partial charge in [0.05, 0.1) is 0 Å². The topological polar surface area (TPSA) is 42.0 Å². The van der Waals surface area contributed by atoms with Gasteiger partial charge in [0.2, 0.25) is 0 Å². The van der Waals surface area contributed by atoms with Crippen LogP contribution in [0.1, 0.15) is 17.4 Å². The molecular formula is C10H14N2O. The quantitative estimate of drug-likeness (QED) is 0.664. The Labute approximate surface area is 78.5 Å². The van der Waals surface area contributed by atoms with E-state index in [2.05, 4.69) is 16.9 Å². The van der Waals surface area contributed by atoms with Gasteiger partial charge in [-0.05, 0) is 19.1 Å². The second kappa shape index (κ2) is 7.03. The van der Waals surface area contributed by atoms with Crippen LogP contribution in [0.15, 0.2) is 37.1 Å². The van der Waals surface area contributed by atoms with E-state index in [1.807, 2.05) is 6.92 Å². The summed E-state index contributed by atoms with van der Waals surface area (Å²) in [5.74, 6) is -0.152. The third-order valence-electron chi connectivity index (χ3n) is 1.12. The van der Waals surface area contributed by atoms with Crippen LogP contribution >= 0.6 is 0 Å². The first-order chi connectivity index (χ1) is 6.26. The number of hydrogen-bond acceptors (Lipinski definition) is 2. The van der Waals surface area contributed by atoms with Gasteiger partial charge in [-0.3, -0.25) is 9.78 Å². The second-order valence-electron chi connectivity index (χ2n) is 2.20. The van der Waals surface area contributed by atoms with Gasteiger partial charge in [-0.25, -0.2) is 0 Å². The summed E-state index contributed by atoms with van der Waals surface area (Å²) in [6.07, 6.45) is 3.34. The predicted octanol–water partition coefficient (Wildman–Crippen LogP) is 1.63. The molecule has 0 spiro atoms. The molecule has 0 aliphatic carbocycles. The molecule has 0 aliphatic rings. The van der Waals surface area contributed by atoms with Gasteiger partial charge in [0.15, 0.2) is 0 Å². The molecule has 0 unspecified atom stereocenters. The van der Waals surface area contributed by atoms with Gasteiger partial charge in [-0.1, -0.05) is 12.1 Å². The van der Waals surface area contributed by atoms with Crippen molar-refractivity contribution in [3.05, 3.63) is 42.7 Å². The Bertz CT molecular complexity index is 257. The number of allylic oxidation sites excluding steroid dienone is 1. The smallest absolute Gasteiger partial charge is 0.269 e. The van der Waals surface area contributed by atoms with Crippen LogP contribution in [0.5, 0.6) is 0 Å². The molecule has 13 heavy (non-hydrogen) atoms. The number of amides is 1. The zero-order valence-corrected chi connectivity index (χ0v) is 7.95. The van der Waals surface area contributed by atoms with E-state index in [9.17, 15) is 4.79 Å². The Kier molecular flexibility index (Phi) is 6.15. The molecule has 0 fully saturated rings. The number of hydrogen-bond donors (Lipinski definition) is 1. The molecule has 0 saturated carbocycles. The maximum Gasteiger partial charge on any atom is 0.269 e. The average Bonchev–Trinajstić information content (AvgIpc) is 2.19. The number of nitrogens with zero attached hydrogens (tertiary/aromatic N) is 1. The third-order valence-corrected chi connectivity index (χ3v) is 1.12. The van der Waals surface area contributed by atoms with E-state index in [1.54, 1.807) is 37.5 Å². The van der Waals surface area contributed by atoms with Crippen LogP contribution in [0.3, 0.4) is 0 Å². The van der Waals surface area contributed by atoms with Gasteiger partial charge >= 0.3 is 0 Å². The molecule has 3 heteroatoms. The summed E-state index contributed by atoms with van der Waals surface area (Å²) in [5.41, 5.74) is 0.449. The largest absolute Gasteiger partial charge is 0.354 e. The number of nitrogens with one attached hydrogen (secondary N) is 1. The summed E-state index contributed by atoms with van der Waals surface area (Å²) in [6, 6.07) is 5.21. The number of pyridine rings is 1. The fourth-order valence-corrected chi connectivity index (χ4v) is 0.625. The number of carbonyl (C=O) groups is 1. The van der Waals surface area contributed by atoms with Crippen molar-refractivity contribution in [3.8, 4) is 0 Å². The zero-order valence-electron chi connectivity index (χ0n) is 7.95. The molecule has 1 aromatic heterocycles. The minimum Gasteiger partial charge on any atom is -0.354 e. The van der Waals surface area contributed by atoms with Gasteiger partial charge in [-0.15, -0.1) is 6.58 Å². The molecule has 0 saturated heterocycles. The van der Waals surface area contributed by atoms with Gasteiger partial charge in [0.25, 0.3) is 5.91 Å². The van der Waals surface area contributed by atoms with Crippen LogP contribution < -0.4 is 5.32 Å². The standard InChI is InChI=1S/C7H8N2O.C3H6/c1-8-7(10)6-4-2-3-5-9-6;1-3-2/h2-5H,1H3,(H,8,10);3H,1H2,2H3. The van der Waals surface area contributed by atoms with Crippen molar-refractivity contribution < 1.29 is 4.79 Å². The van der Waals surface area contributed by atoms with Crippen LogP contribution in [0.2, 0.25) is 0 Å². The lowest BCUT2D eigenvalue weighted by Gasteiger charge is -1.94. The van der Waals surface area contributed by atoms with Crippen molar-refractivity contribution in [3.63, 3.8) is 0 Å². The minimum absolute atomic E-state index is 0.152. The Morgan fingerprint density at radius 1 is 1.62 bits per heavy atom. The second-order valence-corrected chi connectivity index (χ2v) is 2.20. The SMILES string of the molecule is C=CC.CNC(=O)c1ccccn1. The first-order valence-corrected chi connectivity index (χ1v) is 3.96. The highest BCUT2D eigenvalue weighted by Gasteiger charge is 1.99. The molecule has 0 aliphatic heterocycles. The molecule has 0 atom stereocenters. The van der Waals surface area contributed by atoms with Crippen molar-refractivity contribution in [2.24, 2.45) is 0 Å². The van der Waals surface area contributed by atoms with Crippen LogP contribution in [0, 0.1) is 0 Å². The molecule has 1 N–H and O–H groups in total. The molecule has 70 valence electrons. The lowest BCUT2D eigenvalue weighted by molar-refractivity contribution is 0.0958. The highest BCUT2D eigenvalue weighted by atomic mass is 16.1. The average molecular weight is 178 g/mol. The fourth-order valence-electron chi connectivity index (χ4n) is 0.625. The Morgan fingerprint density at radius 3 is 2.62 bits per heavy atom. The maximum absolute atomic E-state index is 10.8. The van der Waals surface area contributed by atoms with E-state index >= 15 is 0 Å². The van der Waals surface area contributed by atoms with Crippen LogP contribution in [-0.2, 0) is 0 Å². The normalized spacial score (nSPS) is 7.85. The molecule has 0 radical (unpaired) electrons. The Hall–Kier alpha value is -1.64. The first-order valence-electron chi connectivity index (χ1n) is 3.96. The number of aromatic nitrogens is 1. The number of carbonyl (C=O) groups excluding carboxylic acids is 1.